The van der Waals surface area contributed by atoms with Gasteiger partial charge in [-0.2, -0.15) is 0 Å². The standard InChI is InChI=1S/C22H28F2N2OSi/c1-14-15(12-16-17(23)8-7-9-18(16)24)10-11-19-21(14)26-20(25-19)13-27-28(5,6)22(2,3)4/h7-11H,12-13H2,1-6H3,(H,25,26). The Labute approximate surface area is 166 Å². The molecule has 1 N–H and O–H groups in total. The predicted octanol–water partition coefficient (Wildman–Crippen LogP) is 6.26. The lowest BCUT2D eigenvalue weighted by Crippen LogP contribution is -2.40. The number of aromatic amines is 1. The molecule has 0 aliphatic carbocycles. The molecule has 0 saturated heterocycles. The summed E-state index contributed by atoms with van der Waals surface area (Å²) in [5.74, 6) is -0.271. The molecule has 0 unspecified atom stereocenters. The van der Waals surface area contributed by atoms with Crippen molar-refractivity contribution in [3.8, 4) is 0 Å². The highest BCUT2D eigenvalue weighted by molar-refractivity contribution is 6.74. The molecule has 0 aliphatic heterocycles. The first-order chi connectivity index (χ1) is 13.0. The number of nitrogens with one attached hydrogen (secondary N) is 1. The molecule has 0 fully saturated rings. The van der Waals surface area contributed by atoms with Crippen molar-refractivity contribution in [2.75, 3.05) is 0 Å². The average molecular weight is 403 g/mol. The molecule has 0 bridgehead atoms. The fourth-order valence-corrected chi connectivity index (χ4v) is 3.85. The Morgan fingerprint density at radius 1 is 1.07 bits per heavy atom. The molecule has 0 amide bonds. The molecule has 1 heterocycles. The first kappa shape index (κ1) is 20.7. The molecule has 28 heavy (non-hydrogen) atoms. The fraction of sp³-hybridized carbons (Fsp3) is 0.409. The van der Waals surface area contributed by atoms with Crippen LogP contribution in [0.25, 0.3) is 11.0 Å². The van der Waals surface area contributed by atoms with Gasteiger partial charge in [0.25, 0.3) is 0 Å². The predicted molar refractivity (Wildman–Crippen MR) is 112 cm³/mol. The van der Waals surface area contributed by atoms with E-state index in [1.165, 1.54) is 18.2 Å². The van der Waals surface area contributed by atoms with E-state index >= 15 is 0 Å². The van der Waals surface area contributed by atoms with Gasteiger partial charge in [0, 0.05) is 12.0 Å². The molecule has 0 atom stereocenters. The maximum absolute atomic E-state index is 14.0. The second kappa shape index (κ2) is 7.41. The highest BCUT2D eigenvalue weighted by Crippen LogP contribution is 2.37. The molecule has 3 nitrogen and oxygen atoms in total. The first-order valence-electron chi connectivity index (χ1n) is 9.53. The number of nitrogens with zero attached hydrogens (tertiary/aromatic N) is 1. The number of rotatable bonds is 5. The lowest BCUT2D eigenvalue weighted by Gasteiger charge is -2.35. The second-order valence-corrected chi connectivity index (χ2v) is 13.7. The van der Waals surface area contributed by atoms with E-state index in [2.05, 4.69) is 38.8 Å². The molecule has 3 aromatic rings. The van der Waals surface area contributed by atoms with E-state index in [1.807, 2.05) is 19.1 Å². The molecule has 0 aliphatic rings. The third-order valence-electron chi connectivity index (χ3n) is 5.87. The van der Waals surface area contributed by atoms with E-state index in [4.69, 9.17) is 9.41 Å². The molecule has 1 aromatic heterocycles. The van der Waals surface area contributed by atoms with Gasteiger partial charge in [0.05, 0.1) is 17.6 Å². The Hall–Kier alpha value is -2.05. The van der Waals surface area contributed by atoms with Crippen LogP contribution in [0, 0.1) is 18.6 Å². The van der Waals surface area contributed by atoms with E-state index < -0.39 is 20.0 Å². The molecule has 0 spiro atoms. The first-order valence-corrected chi connectivity index (χ1v) is 12.4. The van der Waals surface area contributed by atoms with Gasteiger partial charge in [-0.25, -0.2) is 13.8 Å². The number of halogens is 2. The average Bonchev–Trinajstić information content (AvgIpc) is 3.01. The summed E-state index contributed by atoms with van der Waals surface area (Å²) in [4.78, 5) is 8.01. The van der Waals surface area contributed by atoms with Crippen molar-refractivity contribution < 1.29 is 13.2 Å². The van der Waals surface area contributed by atoms with Crippen LogP contribution in [0.5, 0.6) is 0 Å². The van der Waals surface area contributed by atoms with Crippen LogP contribution in [0.2, 0.25) is 18.1 Å². The van der Waals surface area contributed by atoms with Gasteiger partial charge in [-0.15, -0.1) is 0 Å². The summed E-state index contributed by atoms with van der Waals surface area (Å²) in [6.45, 7) is 13.4. The minimum Gasteiger partial charge on any atom is -0.409 e. The number of fused-ring (bicyclic) bond motifs is 1. The van der Waals surface area contributed by atoms with Gasteiger partial charge in [-0.3, -0.25) is 0 Å². The largest absolute Gasteiger partial charge is 0.409 e. The van der Waals surface area contributed by atoms with Gasteiger partial charge in [0.2, 0.25) is 0 Å². The van der Waals surface area contributed by atoms with Gasteiger partial charge < -0.3 is 9.41 Å². The summed E-state index contributed by atoms with van der Waals surface area (Å²) < 4.78 is 34.3. The topological polar surface area (TPSA) is 37.9 Å². The number of hydrogen-bond donors (Lipinski definition) is 1. The smallest absolute Gasteiger partial charge is 0.192 e. The van der Waals surface area contributed by atoms with Crippen LogP contribution in [-0.4, -0.2) is 18.3 Å². The van der Waals surface area contributed by atoms with E-state index in [0.29, 0.717) is 6.61 Å². The third kappa shape index (κ3) is 4.03. The summed E-state index contributed by atoms with van der Waals surface area (Å²) in [5, 5.41) is 0.131. The molecule has 150 valence electrons. The van der Waals surface area contributed by atoms with Crippen LogP contribution >= 0.6 is 0 Å². The van der Waals surface area contributed by atoms with Crippen molar-refractivity contribution in [3.63, 3.8) is 0 Å². The van der Waals surface area contributed by atoms with Crippen LogP contribution in [0.4, 0.5) is 8.78 Å². The number of benzene rings is 2. The van der Waals surface area contributed by atoms with Crippen molar-refractivity contribution >= 4 is 19.4 Å². The van der Waals surface area contributed by atoms with Crippen molar-refractivity contribution in [1.29, 1.82) is 0 Å². The zero-order chi connectivity index (χ0) is 20.7. The van der Waals surface area contributed by atoms with Crippen molar-refractivity contribution in [2.45, 2.75) is 58.9 Å². The second-order valence-electron chi connectivity index (χ2n) is 8.86. The molecule has 0 saturated carbocycles. The highest BCUT2D eigenvalue weighted by Gasteiger charge is 2.37. The molecule has 0 radical (unpaired) electrons. The third-order valence-corrected chi connectivity index (χ3v) is 10.4. The van der Waals surface area contributed by atoms with Gasteiger partial charge in [0.15, 0.2) is 8.32 Å². The summed E-state index contributed by atoms with van der Waals surface area (Å²) in [6.07, 6.45) is 0.197. The van der Waals surface area contributed by atoms with Crippen LogP contribution < -0.4 is 0 Å². The zero-order valence-corrected chi connectivity index (χ0v) is 18.4. The number of imidazole rings is 1. The van der Waals surface area contributed by atoms with E-state index in [0.717, 1.165) is 28.0 Å². The molecule has 2 aromatic carbocycles. The molecular weight excluding hydrogens is 374 g/mol. The number of hydrogen-bond acceptors (Lipinski definition) is 2. The summed E-state index contributed by atoms with van der Waals surface area (Å²) in [5.41, 5.74) is 3.60. The lowest BCUT2D eigenvalue weighted by molar-refractivity contribution is 0.268. The maximum Gasteiger partial charge on any atom is 0.192 e. The van der Waals surface area contributed by atoms with Gasteiger partial charge >= 0.3 is 0 Å². The van der Waals surface area contributed by atoms with Crippen LogP contribution in [0.3, 0.4) is 0 Å². The molecule has 6 heteroatoms. The quantitative estimate of drug-likeness (QED) is 0.511. The Bertz CT molecular complexity index is 985. The number of aromatic nitrogens is 2. The SMILES string of the molecule is Cc1c(Cc2c(F)cccc2F)ccc2[nH]c(CO[Si](C)(C)C(C)(C)C)nc12. The Morgan fingerprint density at radius 2 is 1.71 bits per heavy atom. The van der Waals surface area contributed by atoms with Crippen molar-refractivity contribution in [1.82, 2.24) is 9.97 Å². The molecule has 3 rings (SSSR count). The Kier molecular flexibility index (Phi) is 5.47. The summed E-state index contributed by atoms with van der Waals surface area (Å²) in [7, 11) is -1.87. The van der Waals surface area contributed by atoms with Crippen LogP contribution in [0.1, 0.15) is 43.3 Å². The summed E-state index contributed by atoms with van der Waals surface area (Å²) >= 11 is 0. The lowest BCUT2D eigenvalue weighted by atomic mass is 9.99. The maximum atomic E-state index is 14.0. The van der Waals surface area contributed by atoms with Gasteiger partial charge in [-0.05, 0) is 54.4 Å². The fourth-order valence-electron chi connectivity index (χ4n) is 2.92. The van der Waals surface area contributed by atoms with Gasteiger partial charge in [-0.1, -0.05) is 32.9 Å². The number of H-pyrrole nitrogens is 1. The van der Waals surface area contributed by atoms with Crippen molar-refractivity contribution in [2.24, 2.45) is 0 Å². The minimum atomic E-state index is -1.87. The zero-order valence-electron chi connectivity index (χ0n) is 17.4. The van der Waals surface area contributed by atoms with Crippen LogP contribution in [0.15, 0.2) is 30.3 Å². The van der Waals surface area contributed by atoms with Crippen molar-refractivity contribution in [3.05, 3.63) is 64.5 Å². The Morgan fingerprint density at radius 3 is 2.32 bits per heavy atom. The van der Waals surface area contributed by atoms with Crippen LogP contribution in [-0.2, 0) is 17.5 Å². The Balaban J connectivity index is 1.87. The highest BCUT2D eigenvalue weighted by atomic mass is 28.4. The van der Waals surface area contributed by atoms with E-state index in [9.17, 15) is 8.78 Å². The normalized spacial score (nSPS) is 12.7. The molecular formula is C22H28F2N2OSi. The number of aryl methyl sites for hydroxylation is 1. The van der Waals surface area contributed by atoms with E-state index in [-0.39, 0.29) is 17.0 Å². The van der Waals surface area contributed by atoms with Gasteiger partial charge in [0.1, 0.15) is 17.5 Å². The van der Waals surface area contributed by atoms with E-state index in [1.54, 1.807) is 0 Å². The minimum absolute atomic E-state index is 0.0852. The monoisotopic (exact) mass is 402 g/mol. The summed E-state index contributed by atoms with van der Waals surface area (Å²) in [6, 6.07) is 7.78.